The molecule has 0 aliphatic heterocycles. The van der Waals surface area contributed by atoms with Crippen LogP contribution in [0.5, 0.6) is 5.75 Å². The third-order valence-electron chi connectivity index (χ3n) is 3.44. The number of carbonyl (C=O) groups is 1. The Balaban J connectivity index is 1.83. The van der Waals surface area contributed by atoms with Crippen LogP contribution in [0.15, 0.2) is 59.5 Å². The number of hydrogen-bond donors (Lipinski definition) is 1. The summed E-state index contributed by atoms with van der Waals surface area (Å²) in [5.74, 6) is 0.563. The van der Waals surface area contributed by atoms with Gasteiger partial charge < -0.3 is 10.1 Å². The lowest BCUT2D eigenvalue weighted by atomic mass is 10.1. The third kappa shape index (κ3) is 5.53. The molecule has 0 aromatic heterocycles. The Labute approximate surface area is 139 Å². The molecular weight excluding hydrogens is 310 g/mol. The van der Waals surface area contributed by atoms with E-state index in [2.05, 4.69) is 5.32 Å². The normalized spacial score (nSPS) is 13.1. The van der Waals surface area contributed by atoms with E-state index in [1.807, 2.05) is 37.3 Å². The lowest BCUT2D eigenvalue weighted by Gasteiger charge is -2.13. The zero-order valence-electron chi connectivity index (χ0n) is 13.3. The summed E-state index contributed by atoms with van der Waals surface area (Å²) in [6.07, 6.45) is 2.24. The fourth-order valence-corrected chi connectivity index (χ4v) is 2.58. The molecule has 0 heterocycles. The van der Waals surface area contributed by atoms with Crippen molar-refractivity contribution >= 4 is 22.4 Å². The van der Waals surface area contributed by atoms with E-state index in [1.54, 1.807) is 30.5 Å². The molecule has 0 fully saturated rings. The van der Waals surface area contributed by atoms with Crippen LogP contribution >= 0.6 is 0 Å². The fraction of sp³-hybridized carbons (Fsp3) is 0.278. The van der Waals surface area contributed by atoms with E-state index in [1.165, 1.54) is 0 Å². The number of amides is 1. The number of hydrogen-bond acceptors (Lipinski definition) is 3. The van der Waals surface area contributed by atoms with E-state index in [9.17, 15) is 9.00 Å². The van der Waals surface area contributed by atoms with E-state index in [-0.39, 0.29) is 11.8 Å². The van der Waals surface area contributed by atoms with Crippen LogP contribution in [0.3, 0.4) is 0 Å². The van der Waals surface area contributed by atoms with E-state index >= 15 is 0 Å². The molecule has 1 N–H and O–H groups in total. The zero-order valence-corrected chi connectivity index (χ0v) is 14.1. The predicted octanol–water partition coefficient (Wildman–Crippen LogP) is 3.47. The molecule has 5 heteroatoms. The molecule has 122 valence electrons. The van der Waals surface area contributed by atoms with Crippen LogP contribution < -0.4 is 10.1 Å². The first-order valence-corrected chi connectivity index (χ1v) is 9.04. The van der Waals surface area contributed by atoms with Gasteiger partial charge in [-0.2, -0.15) is 0 Å². The summed E-state index contributed by atoms with van der Waals surface area (Å²) in [6, 6.07) is 16.6. The quantitative estimate of drug-likeness (QED) is 0.845. The maximum atomic E-state index is 12.2. The van der Waals surface area contributed by atoms with Gasteiger partial charge in [0.05, 0.1) is 6.61 Å². The van der Waals surface area contributed by atoms with Gasteiger partial charge in [-0.25, -0.2) is 0 Å². The highest BCUT2D eigenvalue weighted by molar-refractivity contribution is 7.84. The van der Waals surface area contributed by atoms with Crippen LogP contribution in [0.2, 0.25) is 0 Å². The lowest BCUT2D eigenvalue weighted by Crippen LogP contribution is -2.22. The molecule has 0 bridgehead atoms. The van der Waals surface area contributed by atoms with Gasteiger partial charge in [-0.3, -0.25) is 9.00 Å². The molecule has 0 aliphatic rings. The summed E-state index contributed by atoms with van der Waals surface area (Å²) < 4.78 is 17.1. The lowest BCUT2D eigenvalue weighted by molar-refractivity contribution is -0.119. The third-order valence-corrected chi connectivity index (χ3v) is 4.36. The largest absolute Gasteiger partial charge is 0.494 e. The molecule has 23 heavy (non-hydrogen) atoms. The highest BCUT2D eigenvalue weighted by atomic mass is 32.2. The van der Waals surface area contributed by atoms with Crippen molar-refractivity contribution in [1.29, 1.82) is 0 Å². The molecule has 0 unspecified atom stereocenters. The highest BCUT2D eigenvalue weighted by Crippen LogP contribution is 2.16. The van der Waals surface area contributed by atoms with Gasteiger partial charge in [0.15, 0.2) is 0 Å². The van der Waals surface area contributed by atoms with Crippen molar-refractivity contribution in [1.82, 2.24) is 0 Å². The maximum Gasteiger partial charge on any atom is 0.227 e. The Kier molecular flexibility index (Phi) is 6.35. The van der Waals surface area contributed by atoms with Crippen molar-refractivity contribution in [2.24, 2.45) is 5.92 Å². The van der Waals surface area contributed by atoms with Gasteiger partial charge in [-0.05, 0) is 36.8 Å². The monoisotopic (exact) mass is 331 g/mol. The predicted molar refractivity (Wildman–Crippen MR) is 93.1 cm³/mol. The van der Waals surface area contributed by atoms with Gasteiger partial charge in [0.25, 0.3) is 0 Å². The summed E-state index contributed by atoms with van der Waals surface area (Å²) in [7, 11) is -1.06. The highest BCUT2D eigenvalue weighted by Gasteiger charge is 2.13. The van der Waals surface area contributed by atoms with Crippen LogP contribution in [0.1, 0.15) is 13.3 Å². The summed E-state index contributed by atoms with van der Waals surface area (Å²) in [5, 5.41) is 2.86. The number of carbonyl (C=O) groups excluding carboxylic acids is 1. The molecule has 0 spiro atoms. The zero-order chi connectivity index (χ0) is 16.7. The van der Waals surface area contributed by atoms with Gasteiger partial charge in [0.1, 0.15) is 5.75 Å². The van der Waals surface area contributed by atoms with Crippen molar-refractivity contribution < 1.29 is 13.7 Å². The second-order valence-corrected chi connectivity index (χ2v) is 6.70. The van der Waals surface area contributed by atoms with Crippen LogP contribution in [0, 0.1) is 5.92 Å². The van der Waals surface area contributed by atoms with E-state index in [0.29, 0.717) is 23.6 Å². The molecular formula is C18H21NO3S. The van der Waals surface area contributed by atoms with Gasteiger partial charge in [0.2, 0.25) is 5.91 Å². The minimum Gasteiger partial charge on any atom is -0.494 e. The summed E-state index contributed by atoms with van der Waals surface area (Å²) in [6.45, 7) is 2.35. The van der Waals surface area contributed by atoms with E-state index in [0.717, 1.165) is 5.75 Å². The van der Waals surface area contributed by atoms with Crippen molar-refractivity contribution in [2.45, 2.75) is 18.2 Å². The fourth-order valence-electron chi connectivity index (χ4n) is 2.02. The Morgan fingerprint density at radius 3 is 2.61 bits per heavy atom. The number of benzene rings is 2. The number of anilines is 1. The van der Waals surface area contributed by atoms with Gasteiger partial charge in [-0.1, -0.05) is 31.2 Å². The van der Waals surface area contributed by atoms with Crippen LogP contribution in [-0.2, 0) is 15.6 Å². The second-order valence-electron chi connectivity index (χ2n) is 5.32. The minimum atomic E-state index is -1.06. The standard InChI is InChI=1S/C18H21NO3S/c1-14(11-12-22-16-8-4-3-5-9-16)18(20)19-15-7-6-10-17(13-15)23(2)21/h3-10,13-14H,11-12H2,1-2H3,(H,19,20)/t14-,23-/m0/s1. The SMILES string of the molecule is C[C@@H](CCOc1ccccc1)C(=O)Nc1cccc([S@](C)=O)c1. The van der Waals surface area contributed by atoms with E-state index in [4.69, 9.17) is 4.74 Å². The first-order valence-electron chi connectivity index (χ1n) is 7.48. The Morgan fingerprint density at radius 1 is 1.17 bits per heavy atom. The molecule has 1 amide bonds. The van der Waals surface area contributed by atoms with Crippen molar-refractivity contribution in [3.63, 3.8) is 0 Å². The molecule has 0 saturated heterocycles. The van der Waals surface area contributed by atoms with Crippen LogP contribution in [0.25, 0.3) is 0 Å². The molecule has 2 aromatic rings. The summed E-state index contributed by atoms with van der Waals surface area (Å²) >= 11 is 0. The first-order chi connectivity index (χ1) is 11.1. The Morgan fingerprint density at radius 2 is 1.91 bits per heavy atom. The average molecular weight is 331 g/mol. The molecule has 0 aliphatic carbocycles. The number of ether oxygens (including phenoxy) is 1. The number of nitrogens with one attached hydrogen (secondary N) is 1. The molecule has 2 atom stereocenters. The number of para-hydroxylation sites is 1. The smallest absolute Gasteiger partial charge is 0.227 e. The van der Waals surface area contributed by atoms with Gasteiger partial charge >= 0.3 is 0 Å². The topological polar surface area (TPSA) is 55.4 Å². The second kappa shape index (κ2) is 8.48. The van der Waals surface area contributed by atoms with Gasteiger partial charge in [0, 0.05) is 33.6 Å². The van der Waals surface area contributed by atoms with Crippen molar-refractivity contribution in [3.8, 4) is 5.75 Å². The summed E-state index contributed by atoms with van der Waals surface area (Å²) in [4.78, 5) is 12.9. The van der Waals surface area contributed by atoms with Crippen LogP contribution in [0.4, 0.5) is 5.69 Å². The first kappa shape index (κ1) is 17.2. The number of rotatable bonds is 7. The van der Waals surface area contributed by atoms with Crippen LogP contribution in [-0.4, -0.2) is 23.0 Å². The van der Waals surface area contributed by atoms with E-state index < -0.39 is 10.8 Å². The maximum absolute atomic E-state index is 12.2. The van der Waals surface area contributed by atoms with Gasteiger partial charge in [-0.15, -0.1) is 0 Å². The molecule has 4 nitrogen and oxygen atoms in total. The van der Waals surface area contributed by atoms with Crippen molar-refractivity contribution in [3.05, 3.63) is 54.6 Å². The molecule has 2 rings (SSSR count). The van der Waals surface area contributed by atoms with Crippen molar-refractivity contribution in [2.75, 3.05) is 18.2 Å². The Hall–Kier alpha value is -2.14. The Bertz CT molecular complexity index is 673. The molecule has 2 aromatic carbocycles. The average Bonchev–Trinajstić information content (AvgIpc) is 2.56. The molecule has 0 saturated carbocycles. The molecule has 0 radical (unpaired) electrons. The minimum absolute atomic E-state index is 0.0688. The summed E-state index contributed by atoms with van der Waals surface area (Å²) in [5.41, 5.74) is 0.665.